The number of anilines is 2. The van der Waals surface area contributed by atoms with Crippen LogP contribution in [0.25, 0.3) is 10.2 Å². The second kappa shape index (κ2) is 5.27. The topological polar surface area (TPSA) is 45.2 Å². The van der Waals surface area contributed by atoms with Gasteiger partial charge in [-0.05, 0) is 56.7 Å². The maximum absolute atomic E-state index is 13.2. The highest BCUT2D eigenvalue weighted by atomic mass is 32.1. The van der Waals surface area contributed by atoms with Gasteiger partial charge in [0.1, 0.15) is 21.7 Å². The molecule has 1 aromatic carbocycles. The third-order valence-corrected chi connectivity index (χ3v) is 5.32. The van der Waals surface area contributed by atoms with Crippen LogP contribution in [0.1, 0.15) is 27.9 Å². The number of fused-ring (bicyclic) bond motifs is 3. The van der Waals surface area contributed by atoms with E-state index in [0.29, 0.717) is 10.6 Å². The molecule has 0 saturated carbocycles. The van der Waals surface area contributed by atoms with E-state index >= 15 is 0 Å². The van der Waals surface area contributed by atoms with Gasteiger partial charge in [0.15, 0.2) is 0 Å². The van der Waals surface area contributed by atoms with Crippen LogP contribution in [0.2, 0.25) is 0 Å². The molecule has 0 radical (unpaired) electrons. The van der Waals surface area contributed by atoms with Crippen LogP contribution >= 0.6 is 11.3 Å². The molecule has 2 aromatic heterocycles. The summed E-state index contributed by atoms with van der Waals surface area (Å²) in [6.07, 6.45) is -0.228. The van der Waals surface area contributed by atoms with Crippen molar-refractivity contribution < 1.29 is 9.18 Å². The van der Waals surface area contributed by atoms with Gasteiger partial charge in [-0.2, -0.15) is 0 Å². The number of hydrogen-bond acceptors (Lipinski definition) is 4. The third kappa shape index (κ3) is 2.17. The van der Waals surface area contributed by atoms with Crippen LogP contribution in [0.3, 0.4) is 0 Å². The highest BCUT2D eigenvalue weighted by Gasteiger charge is 2.34. The number of carbonyl (C=O) groups is 1. The second-order valence-corrected chi connectivity index (χ2v) is 7.04. The van der Waals surface area contributed by atoms with Gasteiger partial charge in [-0.25, -0.2) is 9.37 Å². The number of aryl methyl sites for hydroxylation is 2. The van der Waals surface area contributed by atoms with Gasteiger partial charge in [0.2, 0.25) is 0 Å². The molecule has 3 aromatic rings. The summed E-state index contributed by atoms with van der Waals surface area (Å²) in [6.45, 7) is 5.91. The fourth-order valence-corrected chi connectivity index (χ4v) is 4.43. The first kappa shape index (κ1) is 15.1. The molecule has 1 amide bonds. The van der Waals surface area contributed by atoms with Crippen molar-refractivity contribution in [1.29, 1.82) is 0 Å². The van der Waals surface area contributed by atoms with Crippen molar-refractivity contribution in [3.05, 3.63) is 52.3 Å². The number of pyridine rings is 1. The van der Waals surface area contributed by atoms with Crippen molar-refractivity contribution >= 4 is 38.8 Å². The molecule has 0 aliphatic carbocycles. The molecule has 0 unspecified atom stereocenters. The van der Waals surface area contributed by atoms with Crippen molar-refractivity contribution in [3.8, 4) is 0 Å². The molecule has 1 aliphatic heterocycles. The first-order chi connectivity index (χ1) is 11.5. The second-order valence-electron chi connectivity index (χ2n) is 6.04. The van der Waals surface area contributed by atoms with Crippen molar-refractivity contribution in [1.82, 2.24) is 4.98 Å². The maximum Gasteiger partial charge on any atom is 0.272 e. The van der Waals surface area contributed by atoms with E-state index in [1.807, 2.05) is 26.8 Å². The zero-order valence-corrected chi connectivity index (χ0v) is 14.4. The summed E-state index contributed by atoms with van der Waals surface area (Å²) < 4.78 is 13.2. The molecule has 1 aliphatic rings. The third-order valence-electron chi connectivity index (χ3n) is 4.25. The molecule has 0 saturated heterocycles. The standard InChI is InChI=1S/C18H16FN3OS/c1-9-8-10(2)20-17-14(9)15-16(24-17)18(23)22(11(3)21-15)13-6-4-12(19)5-7-13/h4-8,11,21H,1-3H3/t11-/m0/s1. The zero-order valence-electron chi connectivity index (χ0n) is 13.6. The van der Waals surface area contributed by atoms with Gasteiger partial charge in [-0.15, -0.1) is 11.3 Å². The Morgan fingerprint density at radius 1 is 1.25 bits per heavy atom. The van der Waals surface area contributed by atoms with E-state index in [1.54, 1.807) is 17.0 Å². The first-order valence-corrected chi connectivity index (χ1v) is 8.54. The van der Waals surface area contributed by atoms with E-state index in [9.17, 15) is 9.18 Å². The Morgan fingerprint density at radius 3 is 2.67 bits per heavy atom. The van der Waals surface area contributed by atoms with E-state index in [-0.39, 0.29) is 17.9 Å². The number of amides is 1. The van der Waals surface area contributed by atoms with E-state index in [1.165, 1.54) is 23.5 Å². The van der Waals surface area contributed by atoms with Crippen LogP contribution in [0.5, 0.6) is 0 Å². The average molecular weight is 341 g/mol. The number of aromatic nitrogens is 1. The normalized spacial score (nSPS) is 17.1. The summed E-state index contributed by atoms with van der Waals surface area (Å²) in [5.41, 5.74) is 3.58. The predicted molar refractivity (Wildman–Crippen MR) is 95.4 cm³/mol. The molecular weight excluding hydrogens is 325 g/mol. The number of nitrogens with one attached hydrogen (secondary N) is 1. The monoisotopic (exact) mass is 341 g/mol. The van der Waals surface area contributed by atoms with Crippen LogP contribution < -0.4 is 10.2 Å². The van der Waals surface area contributed by atoms with Gasteiger partial charge in [0, 0.05) is 16.8 Å². The summed E-state index contributed by atoms with van der Waals surface area (Å²) >= 11 is 1.40. The number of carbonyl (C=O) groups excluding carboxylic acids is 1. The first-order valence-electron chi connectivity index (χ1n) is 7.72. The lowest BCUT2D eigenvalue weighted by Crippen LogP contribution is -2.46. The molecule has 0 bridgehead atoms. The van der Waals surface area contributed by atoms with Gasteiger partial charge in [-0.1, -0.05) is 0 Å². The highest BCUT2D eigenvalue weighted by Crippen LogP contribution is 2.41. The largest absolute Gasteiger partial charge is 0.363 e. The van der Waals surface area contributed by atoms with Crippen LogP contribution in [0, 0.1) is 19.7 Å². The smallest absolute Gasteiger partial charge is 0.272 e. The number of rotatable bonds is 1. The van der Waals surface area contributed by atoms with Gasteiger partial charge in [-0.3, -0.25) is 9.69 Å². The van der Waals surface area contributed by atoms with E-state index in [2.05, 4.69) is 10.3 Å². The molecule has 1 atom stereocenters. The van der Waals surface area contributed by atoms with Gasteiger partial charge >= 0.3 is 0 Å². The summed E-state index contributed by atoms with van der Waals surface area (Å²) in [4.78, 5) is 20.8. The fourth-order valence-electron chi connectivity index (χ4n) is 3.23. The van der Waals surface area contributed by atoms with Crippen LogP contribution in [0.4, 0.5) is 15.8 Å². The van der Waals surface area contributed by atoms with Crippen molar-refractivity contribution in [3.63, 3.8) is 0 Å². The van der Waals surface area contributed by atoms with E-state index in [0.717, 1.165) is 27.2 Å². The Bertz CT molecular complexity index is 965. The minimum atomic E-state index is -0.318. The number of thiophene rings is 1. The zero-order chi connectivity index (χ0) is 17.0. The Balaban J connectivity index is 1.87. The Hall–Kier alpha value is -2.47. The molecule has 4 rings (SSSR count). The summed E-state index contributed by atoms with van der Waals surface area (Å²) in [7, 11) is 0. The van der Waals surface area contributed by atoms with Crippen LogP contribution in [0.15, 0.2) is 30.3 Å². The van der Waals surface area contributed by atoms with Crippen LogP contribution in [-0.2, 0) is 0 Å². The maximum atomic E-state index is 13.2. The average Bonchev–Trinajstić information content (AvgIpc) is 2.88. The van der Waals surface area contributed by atoms with E-state index in [4.69, 9.17) is 0 Å². The minimum Gasteiger partial charge on any atom is -0.363 e. The lowest BCUT2D eigenvalue weighted by molar-refractivity contribution is 0.0981. The molecule has 24 heavy (non-hydrogen) atoms. The molecule has 122 valence electrons. The lowest BCUT2D eigenvalue weighted by atomic mass is 10.1. The quantitative estimate of drug-likeness (QED) is 0.710. The number of nitrogens with zero attached hydrogens (tertiary/aromatic N) is 2. The summed E-state index contributed by atoms with van der Waals surface area (Å²) in [5, 5.41) is 4.43. The molecule has 4 nitrogen and oxygen atoms in total. The predicted octanol–water partition coefficient (Wildman–Crippen LogP) is 4.47. The molecule has 0 spiro atoms. The number of hydrogen-bond donors (Lipinski definition) is 1. The van der Waals surface area contributed by atoms with Gasteiger partial charge in [0.25, 0.3) is 5.91 Å². The number of benzene rings is 1. The fraction of sp³-hybridized carbons (Fsp3) is 0.222. The van der Waals surface area contributed by atoms with Crippen molar-refractivity contribution in [2.45, 2.75) is 26.9 Å². The molecular formula is C18H16FN3OS. The van der Waals surface area contributed by atoms with Gasteiger partial charge in [0.05, 0.1) is 5.69 Å². The Kier molecular flexibility index (Phi) is 3.31. The SMILES string of the molecule is Cc1cc(C)c2c3c(sc2n1)C(=O)N(c1ccc(F)cc1)[C@@H](C)N3. The number of halogens is 1. The molecule has 1 N–H and O–H groups in total. The van der Waals surface area contributed by atoms with Crippen molar-refractivity contribution in [2.75, 3.05) is 10.2 Å². The molecule has 3 heterocycles. The molecule has 6 heteroatoms. The van der Waals surface area contributed by atoms with Crippen LogP contribution in [-0.4, -0.2) is 17.1 Å². The summed E-state index contributed by atoms with van der Waals surface area (Å²) in [5.74, 6) is -0.399. The minimum absolute atomic E-state index is 0.0806. The summed E-state index contributed by atoms with van der Waals surface area (Å²) in [6, 6.07) is 8.00. The van der Waals surface area contributed by atoms with Crippen molar-refractivity contribution in [2.24, 2.45) is 0 Å². The Labute approximate surface area is 142 Å². The highest BCUT2D eigenvalue weighted by molar-refractivity contribution is 7.21. The Morgan fingerprint density at radius 2 is 1.96 bits per heavy atom. The molecule has 0 fully saturated rings. The van der Waals surface area contributed by atoms with Gasteiger partial charge < -0.3 is 5.32 Å². The van der Waals surface area contributed by atoms with E-state index < -0.39 is 0 Å². The lowest BCUT2D eigenvalue weighted by Gasteiger charge is -2.34.